The molecule has 2 heterocycles. The molecule has 0 bridgehead atoms. The van der Waals surface area contributed by atoms with Crippen molar-refractivity contribution in [1.82, 2.24) is 20.0 Å². The molecule has 0 amide bonds. The first kappa shape index (κ1) is 20.5. The molecule has 0 aliphatic carbocycles. The van der Waals surface area contributed by atoms with Gasteiger partial charge in [-0.3, -0.25) is 4.99 Å². The molecule has 1 atom stereocenters. The quantitative estimate of drug-likeness (QED) is 0.404. The number of halogens is 2. The Labute approximate surface area is 174 Å². The van der Waals surface area contributed by atoms with E-state index >= 15 is 0 Å². The van der Waals surface area contributed by atoms with Crippen LogP contribution in [0.2, 0.25) is 10.0 Å². The van der Waals surface area contributed by atoms with Crippen molar-refractivity contribution < 1.29 is 5.11 Å². The fourth-order valence-electron chi connectivity index (χ4n) is 2.81. The number of benzene rings is 1. The fraction of sp³-hybridized carbons (Fsp3) is 0.300. The van der Waals surface area contributed by atoms with Crippen LogP contribution in [0.5, 0.6) is 0 Å². The number of nitrogens with one attached hydrogen (secondary N) is 2. The molecule has 6 nitrogen and oxygen atoms in total. The van der Waals surface area contributed by atoms with Gasteiger partial charge in [-0.1, -0.05) is 29.3 Å². The SMILES string of the molecule is CCNC(=NCC(O)c1cc(Cl)cc(Cl)c1)NCCc1cn2ccccc2n1. The number of hydrogen-bond acceptors (Lipinski definition) is 3. The lowest BCUT2D eigenvalue weighted by atomic mass is 10.1. The average molecular weight is 420 g/mol. The van der Waals surface area contributed by atoms with Crippen LogP contribution in [-0.2, 0) is 6.42 Å². The molecule has 0 aliphatic rings. The number of hydrogen-bond donors (Lipinski definition) is 3. The summed E-state index contributed by atoms with van der Waals surface area (Å²) in [5, 5.41) is 17.8. The highest BCUT2D eigenvalue weighted by atomic mass is 35.5. The minimum absolute atomic E-state index is 0.195. The predicted molar refractivity (Wildman–Crippen MR) is 114 cm³/mol. The summed E-state index contributed by atoms with van der Waals surface area (Å²) in [7, 11) is 0. The maximum Gasteiger partial charge on any atom is 0.191 e. The number of rotatable bonds is 7. The smallest absolute Gasteiger partial charge is 0.191 e. The van der Waals surface area contributed by atoms with Crippen LogP contribution in [0.4, 0.5) is 0 Å². The summed E-state index contributed by atoms with van der Waals surface area (Å²) >= 11 is 12.0. The minimum atomic E-state index is -0.787. The Hall–Kier alpha value is -2.28. The van der Waals surface area contributed by atoms with E-state index in [9.17, 15) is 5.11 Å². The lowest BCUT2D eigenvalue weighted by molar-refractivity contribution is 0.187. The average Bonchev–Trinajstić information content (AvgIpc) is 3.07. The molecule has 148 valence electrons. The molecule has 0 saturated heterocycles. The molecule has 0 radical (unpaired) electrons. The zero-order valence-electron chi connectivity index (χ0n) is 15.6. The maximum absolute atomic E-state index is 10.4. The third-order valence-corrected chi connectivity index (χ3v) is 4.56. The highest BCUT2D eigenvalue weighted by Gasteiger charge is 2.10. The first-order chi connectivity index (χ1) is 13.5. The van der Waals surface area contributed by atoms with Crippen molar-refractivity contribution in [2.45, 2.75) is 19.4 Å². The number of aliphatic hydroxyl groups is 1. The Bertz CT molecular complexity index is 903. The molecular weight excluding hydrogens is 397 g/mol. The number of aliphatic hydroxyl groups excluding tert-OH is 1. The van der Waals surface area contributed by atoms with Crippen LogP contribution in [0, 0.1) is 0 Å². The molecule has 28 heavy (non-hydrogen) atoms. The molecule has 0 spiro atoms. The monoisotopic (exact) mass is 419 g/mol. The number of aromatic nitrogens is 2. The Kier molecular flexibility index (Phi) is 7.14. The van der Waals surface area contributed by atoms with Crippen molar-refractivity contribution in [3.8, 4) is 0 Å². The van der Waals surface area contributed by atoms with Gasteiger partial charge < -0.3 is 20.1 Å². The van der Waals surface area contributed by atoms with Crippen LogP contribution in [0.25, 0.3) is 5.65 Å². The first-order valence-electron chi connectivity index (χ1n) is 9.14. The molecule has 3 N–H and O–H groups in total. The lowest BCUT2D eigenvalue weighted by Crippen LogP contribution is -2.38. The molecule has 3 rings (SSSR count). The number of aliphatic imine (C=N–C) groups is 1. The third kappa shape index (κ3) is 5.61. The van der Waals surface area contributed by atoms with Gasteiger partial charge in [-0.2, -0.15) is 0 Å². The largest absolute Gasteiger partial charge is 0.386 e. The van der Waals surface area contributed by atoms with Gasteiger partial charge in [0.15, 0.2) is 5.96 Å². The number of nitrogens with zero attached hydrogens (tertiary/aromatic N) is 3. The second kappa shape index (κ2) is 9.78. The number of imidazole rings is 1. The molecule has 3 aromatic rings. The fourth-order valence-corrected chi connectivity index (χ4v) is 3.35. The van der Waals surface area contributed by atoms with E-state index in [0.29, 0.717) is 28.1 Å². The molecule has 1 aromatic carbocycles. The molecule has 8 heteroatoms. The van der Waals surface area contributed by atoms with Crippen LogP contribution in [0.15, 0.2) is 53.8 Å². The van der Waals surface area contributed by atoms with Crippen molar-refractivity contribution in [1.29, 1.82) is 0 Å². The third-order valence-electron chi connectivity index (χ3n) is 4.12. The molecule has 0 aliphatic heterocycles. The standard InChI is InChI=1S/C20H23Cl2N5O/c1-2-23-20(25-12-18(28)14-9-15(21)11-16(22)10-14)24-7-6-17-13-27-8-4-3-5-19(27)26-17/h3-5,8-11,13,18,28H,2,6-7,12H2,1H3,(H2,23,24,25). The Morgan fingerprint density at radius 2 is 2.00 bits per heavy atom. The van der Waals surface area contributed by atoms with Crippen molar-refractivity contribution in [3.05, 3.63) is 70.1 Å². The summed E-state index contributed by atoms with van der Waals surface area (Å²) in [5.41, 5.74) is 2.58. The second-order valence-electron chi connectivity index (χ2n) is 6.31. The topological polar surface area (TPSA) is 74.0 Å². The van der Waals surface area contributed by atoms with Gasteiger partial charge >= 0.3 is 0 Å². The maximum atomic E-state index is 10.4. The summed E-state index contributed by atoms with van der Waals surface area (Å²) in [4.78, 5) is 9.04. The molecule has 0 saturated carbocycles. The normalized spacial score (nSPS) is 12.9. The van der Waals surface area contributed by atoms with Crippen molar-refractivity contribution in [3.63, 3.8) is 0 Å². The molecular formula is C20H23Cl2N5O. The summed E-state index contributed by atoms with van der Waals surface area (Å²) in [6, 6.07) is 10.9. The van der Waals surface area contributed by atoms with Gasteiger partial charge in [0.25, 0.3) is 0 Å². The van der Waals surface area contributed by atoms with Crippen LogP contribution in [0.3, 0.4) is 0 Å². The van der Waals surface area contributed by atoms with Crippen LogP contribution >= 0.6 is 23.2 Å². The molecule has 1 unspecified atom stereocenters. The van der Waals surface area contributed by atoms with Crippen LogP contribution < -0.4 is 10.6 Å². The van der Waals surface area contributed by atoms with Gasteiger partial charge in [-0.15, -0.1) is 0 Å². The van der Waals surface area contributed by atoms with Crippen LogP contribution in [-0.4, -0.2) is 40.1 Å². The van der Waals surface area contributed by atoms with Crippen molar-refractivity contribution in [2.24, 2.45) is 4.99 Å². The van der Waals surface area contributed by atoms with E-state index in [1.54, 1.807) is 18.2 Å². The van der Waals surface area contributed by atoms with Gasteiger partial charge in [0.1, 0.15) is 5.65 Å². The highest BCUT2D eigenvalue weighted by Crippen LogP contribution is 2.23. The molecule has 0 fully saturated rings. The van der Waals surface area contributed by atoms with Gasteiger partial charge in [-0.25, -0.2) is 4.98 Å². The van der Waals surface area contributed by atoms with Gasteiger partial charge in [0.2, 0.25) is 0 Å². The van der Waals surface area contributed by atoms with Gasteiger partial charge in [-0.05, 0) is 42.8 Å². The summed E-state index contributed by atoms with van der Waals surface area (Å²) < 4.78 is 2.00. The van der Waals surface area contributed by atoms with E-state index < -0.39 is 6.10 Å². The Balaban J connectivity index is 1.57. The van der Waals surface area contributed by atoms with Crippen LogP contribution in [0.1, 0.15) is 24.3 Å². The lowest BCUT2D eigenvalue weighted by Gasteiger charge is -2.13. The van der Waals surface area contributed by atoms with Gasteiger partial charge in [0, 0.05) is 41.9 Å². The predicted octanol–water partition coefficient (Wildman–Crippen LogP) is 3.47. The van der Waals surface area contributed by atoms with E-state index in [4.69, 9.17) is 23.2 Å². The van der Waals surface area contributed by atoms with E-state index in [1.807, 2.05) is 41.9 Å². The zero-order valence-corrected chi connectivity index (χ0v) is 17.1. The number of guanidine groups is 1. The first-order valence-corrected chi connectivity index (χ1v) is 9.89. The van der Waals surface area contributed by atoms with E-state index in [0.717, 1.165) is 24.3 Å². The minimum Gasteiger partial charge on any atom is -0.386 e. The summed E-state index contributed by atoms with van der Waals surface area (Å²) in [5.74, 6) is 0.637. The summed E-state index contributed by atoms with van der Waals surface area (Å²) in [6.07, 6.45) is 3.98. The second-order valence-corrected chi connectivity index (χ2v) is 7.19. The van der Waals surface area contributed by atoms with Gasteiger partial charge in [0.05, 0.1) is 18.3 Å². The van der Waals surface area contributed by atoms with E-state index in [-0.39, 0.29) is 6.54 Å². The van der Waals surface area contributed by atoms with E-state index in [1.165, 1.54) is 0 Å². The van der Waals surface area contributed by atoms with Crippen molar-refractivity contribution in [2.75, 3.05) is 19.6 Å². The Morgan fingerprint density at radius 3 is 2.71 bits per heavy atom. The molecule has 2 aromatic heterocycles. The van der Waals surface area contributed by atoms with E-state index in [2.05, 4.69) is 20.6 Å². The highest BCUT2D eigenvalue weighted by molar-refractivity contribution is 6.34. The zero-order chi connectivity index (χ0) is 19.9. The number of fused-ring (bicyclic) bond motifs is 1. The number of pyridine rings is 1. The summed E-state index contributed by atoms with van der Waals surface area (Å²) in [6.45, 7) is 3.58. The Morgan fingerprint density at radius 1 is 1.21 bits per heavy atom. The van der Waals surface area contributed by atoms with Crippen molar-refractivity contribution >= 4 is 34.8 Å².